The molecule has 3 aromatic rings. The average Bonchev–Trinajstić information content (AvgIpc) is 3.34. The van der Waals surface area contributed by atoms with Gasteiger partial charge >= 0.3 is 0 Å². The number of nitrogens with one attached hydrogen (secondary N) is 1. The van der Waals surface area contributed by atoms with Crippen molar-refractivity contribution in [2.45, 2.75) is 38.8 Å². The molecule has 1 aromatic carbocycles. The molecule has 0 saturated heterocycles. The minimum Gasteiger partial charge on any atom is -0.384 e. The van der Waals surface area contributed by atoms with E-state index in [0.29, 0.717) is 23.2 Å². The molecule has 1 unspecified atom stereocenters. The van der Waals surface area contributed by atoms with Crippen molar-refractivity contribution in [2.24, 2.45) is 0 Å². The Morgan fingerprint density at radius 3 is 2.32 bits per heavy atom. The molecule has 3 heterocycles. The summed E-state index contributed by atoms with van der Waals surface area (Å²) in [6.07, 6.45) is 7.98. The molecule has 0 saturated carbocycles. The van der Waals surface area contributed by atoms with Crippen molar-refractivity contribution in [1.82, 2.24) is 15.3 Å². The van der Waals surface area contributed by atoms with Gasteiger partial charge in [-0.25, -0.2) is 13.2 Å². The molecule has 1 aliphatic heterocycles. The van der Waals surface area contributed by atoms with Gasteiger partial charge < -0.3 is 10.4 Å². The van der Waals surface area contributed by atoms with E-state index in [1.54, 1.807) is 31.5 Å². The third kappa shape index (κ3) is 10.0. The van der Waals surface area contributed by atoms with Crippen LogP contribution in [0.25, 0.3) is 11.1 Å². The zero-order chi connectivity index (χ0) is 27.4. The molecule has 2 N–H and O–H groups in total. The van der Waals surface area contributed by atoms with Crippen molar-refractivity contribution >= 4 is 10.8 Å². The maximum atomic E-state index is 13.6. The lowest BCUT2D eigenvalue weighted by Gasteiger charge is -2.16. The zero-order valence-electron chi connectivity index (χ0n) is 21.2. The predicted molar refractivity (Wildman–Crippen MR) is 142 cm³/mol. The first-order valence-corrected chi connectivity index (χ1v) is 13.0. The van der Waals surface area contributed by atoms with E-state index < -0.39 is 33.9 Å². The fourth-order valence-electron chi connectivity index (χ4n) is 3.14. The van der Waals surface area contributed by atoms with Gasteiger partial charge in [0.1, 0.15) is 11.4 Å². The van der Waals surface area contributed by atoms with E-state index in [0.717, 1.165) is 36.4 Å². The van der Waals surface area contributed by atoms with Crippen LogP contribution >= 0.6 is 0 Å². The molecule has 0 radical (unpaired) electrons. The number of benzene rings is 1. The van der Waals surface area contributed by atoms with Crippen molar-refractivity contribution < 1.29 is 22.5 Å². The summed E-state index contributed by atoms with van der Waals surface area (Å²) in [5, 5.41) is 14.5. The monoisotopic (exact) mass is 531 g/mol. The Bertz CT molecular complexity index is 1240. The summed E-state index contributed by atoms with van der Waals surface area (Å²) in [4.78, 5) is 8.05. The smallest absolute Gasteiger partial charge is 0.159 e. The van der Waals surface area contributed by atoms with Crippen molar-refractivity contribution in [3.05, 3.63) is 107 Å². The highest BCUT2D eigenvalue weighted by atomic mass is 32.2. The molecule has 37 heavy (non-hydrogen) atoms. The fraction of sp³-hybridized carbons (Fsp3) is 0.286. The molecule has 5 nitrogen and oxygen atoms in total. The van der Waals surface area contributed by atoms with E-state index >= 15 is 0 Å². The lowest BCUT2D eigenvalue weighted by molar-refractivity contribution is 0.0737. The predicted octanol–water partition coefficient (Wildman–Crippen LogP) is 5.58. The van der Waals surface area contributed by atoms with E-state index in [2.05, 4.69) is 21.9 Å². The molecule has 9 heteroatoms. The van der Waals surface area contributed by atoms with E-state index in [1.165, 1.54) is 18.3 Å². The zero-order valence-corrected chi connectivity index (χ0v) is 22.0. The Morgan fingerprint density at radius 2 is 1.81 bits per heavy atom. The van der Waals surface area contributed by atoms with Crippen molar-refractivity contribution in [3.8, 4) is 11.1 Å². The van der Waals surface area contributed by atoms with Gasteiger partial charge in [0.2, 0.25) is 0 Å². The number of nitrogens with zero attached hydrogens (tertiary/aromatic N) is 2. The second-order valence-corrected chi connectivity index (χ2v) is 10.1. The van der Waals surface area contributed by atoms with Crippen LogP contribution in [0.15, 0.2) is 72.9 Å². The first kappa shape index (κ1) is 30.1. The first-order valence-electron chi connectivity index (χ1n) is 11.6. The molecule has 2 aromatic heterocycles. The van der Waals surface area contributed by atoms with Crippen LogP contribution in [0, 0.1) is 17.5 Å². The number of aromatic nitrogens is 2. The Kier molecular flexibility index (Phi) is 11.8. The third-order valence-corrected chi connectivity index (χ3v) is 6.21. The van der Waals surface area contributed by atoms with Gasteiger partial charge in [-0.3, -0.25) is 14.2 Å². The first-order chi connectivity index (χ1) is 17.5. The Morgan fingerprint density at radius 1 is 1.08 bits per heavy atom. The lowest BCUT2D eigenvalue weighted by Crippen LogP contribution is -2.18. The Labute approximate surface area is 218 Å². The summed E-state index contributed by atoms with van der Waals surface area (Å²) in [6.45, 7) is 7.77. The van der Waals surface area contributed by atoms with Gasteiger partial charge in [0.15, 0.2) is 11.6 Å². The van der Waals surface area contributed by atoms with Gasteiger partial charge in [0.05, 0.1) is 11.4 Å². The van der Waals surface area contributed by atoms with Crippen LogP contribution in [0.3, 0.4) is 0 Å². The quantitative estimate of drug-likeness (QED) is 0.407. The van der Waals surface area contributed by atoms with Crippen LogP contribution < -0.4 is 5.32 Å². The maximum Gasteiger partial charge on any atom is 0.159 e. The van der Waals surface area contributed by atoms with Crippen molar-refractivity contribution in [3.63, 3.8) is 0 Å². The van der Waals surface area contributed by atoms with Gasteiger partial charge in [0.25, 0.3) is 0 Å². The summed E-state index contributed by atoms with van der Waals surface area (Å²) in [5.41, 5.74) is 2.04. The van der Waals surface area contributed by atoms with Crippen LogP contribution in [0.2, 0.25) is 0 Å². The fourth-order valence-corrected chi connectivity index (χ4v) is 3.99. The molecule has 0 amide bonds. The van der Waals surface area contributed by atoms with Crippen LogP contribution in [-0.2, 0) is 29.4 Å². The third-order valence-electron chi connectivity index (χ3n) is 5.07. The standard InChI is InChI=1S/C14H10F3N.C10H16N2O.C4H6OS/c1-2-3-14-13(17)7-10(8-18-14)9-4-5-11(15)12(16)6-9;1-10(2,13)9-6-8(7-11-3)4-5-12-9;5-6-3-1-2-4-6/h2,4-8H,1,3H2;4-6,11,13H,7H2,1-3H3;1,3H,2,4H2. The highest BCUT2D eigenvalue weighted by Crippen LogP contribution is 2.22. The normalized spacial score (nSPS) is 14.3. The number of rotatable bonds is 6. The topological polar surface area (TPSA) is 75.1 Å². The van der Waals surface area contributed by atoms with Crippen molar-refractivity contribution in [2.75, 3.05) is 12.8 Å². The van der Waals surface area contributed by atoms with E-state index in [-0.39, 0.29) is 5.69 Å². The average molecular weight is 532 g/mol. The molecule has 4 rings (SSSR count). The lowest BCUT2D eigenvalue weighted by atomic mass is 10.0. The largest absolute Gasteiger partial charge is 0.384 e. The number of halogens is 3. The number of hydrogen-bond donors (Lipinski definition) is 2. The van der Waals surface area contributed by atoms with Crippen molar-refractivity contribution in [1.29, 1.82) is 0 Å². The molecule has 1 aliphatic rings. The van der Waals surface area contributed by atoms with Gasteiger partial charge in [-0.1, -0.05) is 18.2 Å². The Balaban J connectivity index is 0.000000220. The van der Waals surface area contributed by atoms with E-state index in [1.807, 2.05) is 25.3 Å². The molecule has 1 atom stereocenters. The highest BCUT2D eigenvalue weighted by molar-refractivity contribution is 7.88. The molecule has 0 aliphatic carbocycles. The molecular weight excluding hydrogens is 499 g/mol. The van der Waals surface area contributed by atoms with Crippen LogP contribution in [0.5, 0.6) is 0 Å². The second-order valence-electron chi connectivity index (χ2n) is 8.66. The van der Waals surface area contributed by atoms with Gasteiger partial charge in [-0.2, -0.15) is 0 Å². The van der Waals surface area contributed by atoms with E-state index in [9.17, 15) is 22.5 Å². The molecular formula is C28H32F3N3O2S. The molecule has 198 valence electrons. The summed E-state index contributed by atoms with van der Waals surface area (Å²) in [7, 11) is 1.29. The summed E-state index contributed by atoms with van der Waals surface area (Å²) in [5.74, 6) is -1.55. The van der Waals surface area contributed by atoms with Gasteiger partial charge in [-0.05, 0) is 74.2 Å². The minimum atomic E-state index is -0.969. The Hall–Kier alpha value is -3.14. The second kappa shape index (κ2) is 14.6. The van der Waals surface area contributed by atoms with Crippen LogP contribution in [-0.4, -0.2) is 32.1 Å². The number of allylic oxidation sites excluding steroid dienone is 2. The molecule has 0 spiro atoms. The number of aliphatic hydroxyl groups is 1. The number of hydrogen-bond acceptors (Lipinski definition) is 5. The summed E-state index contributed by atoms with van der Waals surface area (Å²) in [6, 6.07) is 8.49. The van der Waals surface area contributed by atoms with Crippen LogP contribution in [0.1, 0.15) is 37.2 Å². The van der Waals surface area contributed by atoms with E-state index in [4.69, 9.17) is 0 Å². The van der Waals surface area contributed by atoms with Gasteiger partial charge in [0, 0.05) is 47.5 Å². The summed E-state index contributed by atoms with van der Waals surface area (Å²) >= 11 is 0. The molecule has 0 fully saturated rings. The summed E-state index contributed by atoms with van der Waals surface area (Å²) < 4.78 is 49.7. The minimum absolute atomic E-state index is 0.274. The maximum absolute atomic E-state index is 13.6. The van der Waals surface area contributed by atoms with Crippen LogP contribution in [0.4, 0.5) is 13.2 Å². The highest BCUT2D eigenvalue weighted by Gasteiger charge is 2.17. The van der Waals surface area contributed by atoms with Gasteiger partial charge in [-0.15, -0.1) is 6.58 Å². The SMILES string of the molecule is C=CCc1ncc(-c2ccc(F)c(F)c2)cc1F.CNCc1ccnc(C(C)(C)O)c1.O=S1C=CCC1. The number of pyridine rings is 2. The molecule has 0 bridgehead atoms.